The van der Waals surface area contributed by atoms with Crippen molar-refractivity contribution in [3.8, 4) is 10.6 Å². The average Bonchev–Trinajstić information content (AvgIpc) is 3.09. The highest BCUT2D eigenvalue weighted by Crippen LogP contribution is 2.37. The van der Waals surface area contributed by atoms with Crippen LogP contribution in [0.1, 0.15) is 30.2 Å². The topological polar surface area (TPSA) is 38.1 Å². The fourth-order valence-electron chi connectivity index (χ4n) is 2.39. The van der Waals surface area contributed by atoms with Gasteiger partial charge in [0.2, 0.25) is 0 Å². The van der Waals surface area contributed by atoms with Crippen LogP contribution < -0.4 is 5.32 Å². The van der Waals surface area contributed by atoms with Crippen molar-refractivity contribution in [2.75, 3.05) is 18.8 Å². The SMILES string of the molecule is CC(C)CNCCc1ncc(-c2cc3c(s2)CCSC3)o1. The van der Waals surface area contributed by atoms with Crippen LogP contribution in [0, 0.1) is 5.92 Å². The monoisotopic (exact) mass is 322 g/mol. The van der Waals surface area contributed by atoms with Gasteiger partial charge in [-0.15, -0.1) is 11.3 Å². The maximum Gasteiger partial charge on any atom is 0.196 e. The van der Waals surface area contributed by atoms with E-state index in [1.165, 1.54) is 27.5 Å². The number of thiophene rings is 1. The van der Waals surface area contributed by atoms with Crippen LogP contribution in [0.2, 0.25) is 0 Å². The van der Waals surface area contributed by atoms with E-state index in [0.717, 1.165) is 36.9 Å². The van der Waals surface area contributed by atoms with Gasteiger partial charge in [-0.1, -0.05) is 13.8 Å². The third-order valence-electron chi connectivity index (χ3n) is 3.49. The lowest BCUT2D eigenvalue weighted by molar-refractivity contribution is 0.483. The Morgan fingerprint density at radius 2 is 2.33 bits per heavy atom. The van der Waals surface area contributed by atoms with Gasteiger partial charge in [0.15, 0.2) is 11.7 Å². The van der Waals surface area contributed by atoms with Crippen molar-refractivity contribution in [1.29, 1.82) is 0 Å². The summed E-state index contributed by atoms with van der Waals surface area (Å²) in [4.78, 5) is 7.17. The van der Waals surface area contributed by atoms with E-state index in [4.69, 9.17) is 4.42 Å². The first-order chi connectivity index (χ1) is 10.2. The molecule has 0 unspecified atom stereocenters. The average molecular weight is 322 g/mol. The summed E-state index contributed by atoms with van der Waals surface area (Å²) in [5.74, 6) is 4.84. The summed E-state index contributed by atoms with van der Waals surface area (Å²) >= 11 is 3.89. The number of thioether (sulfide) groups is 1. The predicted molar refractivity (Wildman–Crippen MR) is 91.1 cm³/mol. The van der Waals surface area contributed by atoms with E-state index in [2.05, 4.69) is 30.2 Å². The molecule has 0 radical (unpaired) electrons. The second-order valence-electron chi connectivity index (χ2n) is 5.83. The van der Waals surface area contributed by atoms with E-state index >= 15 is 0 Å². The lowest BCUT2D eigenvalue weighted by Crippen LogP contribution is -2.22. The smallest absolute Gasteiger partial charge is 0.196 e. The quantitative estimate of drug-likeness (QED) is 0.816. The molecule has 0 fully saturated rings. The third-order valence-corrected chi connectivity index (χ3v) is 5.75. The zero-order valence-electron chi connectivity index (χ0n) is 12.6. The number of aromatic nitrogens is 1. The Hall–Kier alpha value is -0.780. The van der Waals surface area contributed by atoms with E-state index < -0.39 is 0 Å². The summed E-state index contributed by atoms with van der Waals surface area (Å²) < 4.78 is 5.91. The second kappa shape index (κ2) is 6.99. The summed E-state index contributed by atoms with van der Waals surface area (Å²) in [6, 6.07) is 2.29. The van der Waals surface area contributed by atoms with Gasteiger partial charge in [-0.25, -0.2) is 4.98 Å². The molecule has 1 aliphatic rings. The molecule has 1 N–H and O–H groups in total. The molecule has 0 saturated carbocycles. The van der Waals surface area contributed by atoms with E-state index in [-0.39, 0.29) is 0 Å². The summed E-state index contributed by atoms with van der Waals surface area (Å²) in [6.07, 6.45) is 3.93. The van der Waals surface area contributed by atoms with Crippen molar-refractivity contribution in [3.63, 3.8) is 0 Å². The normalized spacial score (nSPS) is 14.6. The standard InChI is InChI=1S/C16H22N2OS2/c1-11(2)8-17-5-3-16-18-9-13(19-16)15-7-12-10-20-6-4-14(12)21-15/h7,9,11,17H,3-6,8,10H2,1-2H3. The van der Waals surface area contributed by atoms with Gasteiger partial charge in [-0.3, -0.25) is 0 Å². The number of aryl methyl sites for hydroxylation is 1. The van der Waals surface area contributed by atoms with Gasteiger partial charge in [0.05, 0.1) is 11.1 Å². The zero-order chi connectivity index (χ0) is 14.7. The van der Waals surface area contributed by atoms with Crippen LogP contribution in [0.25, 0.3) is 10.6 Å². The molecule has 3 heterocycles. The second-order valence-corrected chi connectivity index (χ2v) is 8.07. The minimum atomic E-state index is 0.681. The van der Waals surface area contributed by atoms with Crippen molar-refractivity contribution < 1.29 is 4.42 Å². The number of nitrogens with zero attached hydrogens (tertiary/aromatic N) is 1. The number of fused-ring (bicyclic) bond motifs is 1. The molecule has 5 heteroatoms. The molecule has 2 aromatic heterocycles. The molecule has 0 bridgehead atoms. The Balaban J connectivity index is 1.60. The maximum absolute atomic E-state index is 5.91. The van der Waals surface area contributed by atoms with Crippen LogP contribution in [-0.4, -0.2) is 23.8 Å². The van der Waals surface area contributed by atoms with Crippen molar-refractivity contribution in [1.82, 2.24) is 10.3 Å². The van der Waals surface area contributed by atoms with Gasteiger partial charge >= 0.3 is 0 Å². The van der Waals surface area contributed by atoms with Crippen LogP contribution in [0.5, 0.6) is 0 Å². The highest BCUT2D eigenvalue weighted by Gasteiger charge is 2.16. The molecule has 3 nitrogen and oxygen atoms in total. The van der Waals surface area contributed by atoms with Crippen LogP contribution >= 0.6 is 23.1 Å². The molecule has 2 aromatic rings. The lowest BCUT2D eigenvalue weighted by Gasteiger charge is -2.08. The first-order valence-electron chi connectivity index (χ1n) is 7.57. The Bertz CT molecular complexity index is 565. The van der Waals surface area contributed by atoms with Crippen LogP contribution in [0.3, 0.4) is 0 Å². The van der Waals surface area contributed by atoms with Crippen LogP contribution in [-0.2, 0) is 18.6 Å². The van der Waals surface area contributed by atoms with Gasteiger partial charge in [0.1, 0.15) is 0 Å². The van der Waals surface area contributed by atoms with Crippen molar-refractivity contribution >= 4 is 23.1 Å². The Kier molecular flexibility index (Phi) is 5.03. The fourth-order valence-corrected chi connectivity index (χ4v) is 4.71. The molecule has 0 aliphatic carbocycles. The molecule has 0 amide bonds. The highest BCUT2D eigenvalue weighted by molar-refractivity contribution is 7.98. The van der Waals surface area contributed by atoms with E-state index in [1.54, 1.807) is 0 Å². The van der Waals surface area contributed by atoms with E-state index in [0.29, 0.717) is 5.92 Å². The summed E-state index contributed by atoms with van der Waals surface area (Å²) in [6.45, 7) is 6.40. The molecule has 21 heavy (non-hydrogen) atoms. The molecular weight excluding hydrogens is 300 g/mol. The highest BCUT2D eigenvalue weighted by atomic mass is 32.2. The molecular formula is C16H22N2OS2. The Morgan fingerprint density at radius 3 is 3.14 bits per heavy atom. The minimum absolute atomic E-state index is 0.681. The van der Waals surface area contributed by atoms with Gasteiger partial charge in [-0.2, -0.15) is 11.8 Å². The van der Waals surface area contributed by atoms with Gasteiger partial charge in [0, 0.05) is 23.6 Å². The number of rotatable bonds is 6. The van der Waals surface area contributed by atoms with E-state index in [9.17, 15) is 0 Å². The summed E-state index contributed by atoms with van der Waals surface area (Å²) in [5, 5.41) is 3.42. The predicted octanol–water partition coefficient (Wildman–Crippen LogP) is 3.98. The largest absolute Gasteiger partial charge is 0.440 e. The maximum atomic E-state index is 5.91. The van der Waals surface area contributed by atoms with Crippen molar-refractivity contribution in [2.45, 2.75) is 32.4 Å². The van der Waals surface area contributed by atoms with Crippen LogP contribution in [0.15, 0.2) is 16.7 Å². The molecule has 0 atom stereocenters. The first-order valence-corrected chi connectivity index (χ1v) is 9.54. The van der Waals surface area contributed by atoms with E-state index in [1.807, 2.05) is 29.3 Å². The Morgan fingerprint density at radius 1 is 1.43 bits per heavy atom. The lowest BCUT2D eigenvalue weighted by atomic mass is 10.2. The fraction of sp³-hybridized carbons (Fsp3) is 0.562. The number of nitrogens with one attached hydrogen (secondary N) is 1. The van der Waals surface area contributed by atoms with Crippen molar-refractivity contribution in [2.24, 2.45) is 5.92 Å². The zero-order valence-corrected chi connectivity index (χ0v) is 14.3. The molecule has 0 saturated heterocycles. The van der Waals surface area contributed by atoms with Crippen molar-refractivity contribution in [3.05, 3.63) is 28.6 Å². The molecule has 1 aliphatic heterocycles. The number of oxazole rings is 1. The summed E-state index contributed by atoms with van der Waals surface area (Å²) in [5.41, 5.74) is 1.49. The van der Waals surface area contributed by atoms with Gasteiger partial charge in [0.25, 0.3) is 0 Å². The molecule has 114 valence electrons. The Labute approximate surface area is 134 Å². The first kappa shape index (κ1) is 15.1. The van der Waals surface area contributed by atoms with Crippen LogP contribution in [0.4, 0.5) is 0 Å². The third kappa shape index (κ3) is 3.90. The molecule has 0 aromatic carbocycles. The number of hydrogen-bond donors (Lipinski definition) is 1. The molecule has 0 spiro atoms. The molecule has 3 rings (SSSR count). The minimum Gasteiger partial charge on any atom is -0.440 e. The number of hydrogen-bond acceptors (Lipinski definition) is 5. The summed E-state index contributed by atoms with van der Waals surface area (Å²) in [7, 11) is 0. The van der Waals surface area contributed by atoms with Gasteiger partial charge < -0.3 is 9.73 Å². The van der Waals surface area contributed by atoms with Gasteiger partial charge in [-0.05, 0) is 36.3 Å².